The van der Waals surface area contributed by atoms with Crippen molar-refractivity contribution >= 4 is 90.5 Å². The van der Waals surface area contributed by atoms with Gasteiger partial charge in [-0.1, -0.05) is 46.0 Å². The summed E-state index contributed by atoms with van der Waals surface area (Å²) in [5.41, 5.74) is 1.45. The molecule has 0 unspecified atom stereocenters. The van der Waals surface area contributed by atoms with E-state index in [-0.39, 0.29) is 19.1 Å². The van der Waals surface area contributed by atoms with Gasteiger partial charge in [0.15, 0.2) is 22.4 Å². The monoisotopic (exact) mass is 633 g/mol. The number of esters is 1. The third kappa shape index (κ3) is 5.79. The average molecular weight is 634 g/mol. The number of carbonyl (C=O) groups is 2. The van der Waals surface area contributed by atoms with Crippen LogP contribution in [-0.2, 0) is 14.3 Å². The fraction of sp³-hybridized carbons (Fsp3) is 0.190. The van der Waals surface area contributed by atoms with Crippen LogP contribution in [0.3, 0.4) is 0 Å². The van der Waals surface area contributed by atoms with Gasteiger partial charge >= 0.3 is 5.97 Å². The van der Waals surface area contributed by atoms with Gasteiger partial charge in [0.05, 0.1) is 27.9 Å². The summed E-state index contributed by atoms with van der Waals surface area (Å²) in [5.74, 6) is 0.241. The minimum Gasteiger partial charge on any atom is -0.493 e. The lowest BCUT2D eigenvalue weighted by Gasteiger charge is -2.14. The molecular formula is C21H17BrINO5S2. The lowest BCUT2D eigenvalue weighted by molar-refractivity contribution is -0.145. The lowest BCUT2D eigenvalue weighted by atomic mass is 10.1. The van der Waals surface area contributed by atoms with Crippen LogP contribution in [0.2, 0.25) is 0 Å². The van der Waals surface area contributed by atoms with Gasteiger partial charge in [-0.3, -0.25) is 9.69 Å². The Hall–Kier alpha value is -1.63. The Kier molecular flexibility index (Phi) is 8.36. The van der Waals surface area contributed by atoms with Gasteiger partial charge in [-0.05, 0) is 71.5 Å². The molecule has 6 nitrogen and oxygen atoms in total. The van der Waals surface area contributed by atoms with Crippen molar-refractivity contribution in [3.63, 3.8) is 0 Å². The van der Waals surface area contributed by atoms with E-state index < -0.39 is 5.97 Å². The Morgan fingerprint density at radius 3 is 2.77 bits per heavy atom. The maximum Gasteiger partial charge on any atom is 0.344 e. The van der Waals surface area contributed by atoms with Crippen LogP contribution >= 0.6 is 62.5 Å². The summed E-state index contributed by atoms with van der Waals surface area (Å²) in [6.45, 7) is 1.80. The molecule has 0 N–H and O–H groups in total. The summed E-state index contributed by atoms with van der Waals surface area (Å²) in [7, 11) is 1.51. The number of thiocarbonyl (C=S) groups is 1. The minimum absolute atomic E-state index is 0.190. The van der Waals surface area contributed by atoms with Crippen molar-refractivity contribution in [3.8, 4) is 11.5 Å². The van der Waals surface area contributed by atoms with Crippen molar-refractivity contribution in [3.05, 3.63) is 54.9 Å². The van der Waals surface area contributed by atoms with E-state index in [0.717, 1.165) is 13.6 Å². The van der Waals surface area contributed by atoms with Gasteiger partial charge < -0.3 is 14.2 Å². The van der Waals surface area contributed by atoms with Crippen LogP contribution in [-0.4, -0.2) is 36.5 Å². The average Bonchev–Trinajstić information content (AvgIpc) is 3.00. The second kappa shape index (κ2) is 10.8. The highest BCUT2D eigenvalue weighted by atomic mass is 127. The maximum atomic E-state index is 13.0. The standard InChI is InChI=1S/C21H17BrINO5S2/c1-3-28-18(25)11-29-19-15(23)7-12(8-16(19)27-2)9-17-20(26)24(21(30)31-17)14-6-4-5-13(22)10-14/h4-10H,3,11H2,1-2H3/b17-9+. The van der Waals surface area contributed by atoms with Crippen molar-refractivity contribution in [2.45, 2.75) is 6.92 Å². The number of ether oxygens (including phenoxy) is 3. The van der Waals surface area contributed by atoms with Crippen molar-refractivity contribution in [2.24, 2.45) is 0 Å². The largest absolute Gasteiger partial charge is 0.493 e. The molecule has 1 aliphatic heterocycles. The number of halogens is 2. The summed E-state index contributed by atoms with van der Waals surface area (Å²) in [6.07, 6.45) is 1.76. The zero-order valence-corrected chi connectivity index (χ0v) is 21.9. The van der Waals surface area contributed by atoms with Gasteiger partial charge in [-0.2, -0.15) is 0 Å². The van der Waals surface area contributed by atoms with Crippen LogP contribution in [0.25, 0.3) is 6.08 Å². The van der Waals surface area contributed by atoms with Crippen LogP contribution in [0.1, 0.15) is 12.5 Å². The van der Waals surface area contributed by atoms with E-state index in [4.69, 9.17) is 26.4 Å². The summed E-state index contributed by atoms with van der Waals surface area (Å²) in [6, 6.07) is 11.0. The van der Waals surface area contributed by atoms with E-state index in [2.05, 4.69) is 38.5 Å². The molecule has 2 aromatic carbocycles. The molecule has 1 heterocycles. The van der Waals surface area contributed by atoms with Gasteiger partial charge in [-0.15, -0.1) is 0 Å². The Morgan fingerprint density at radius 2 is 2.10 bits per heavy atom. The Bertz CT molecular complexity index is 1080. The molecule has 0 spiro atoms. The quantitative estimate of drug-likeness (QED) is 0.175. The number of hydrogen-bond acceptors (Lipinski definition) is 7. The third-order valence-corrected chi connectivity index (χ3v) is 6.65. The molecule has 1 aliphatic rings. The molecule has 0 atom stereocenters. The molecular weight excluding hydrogens is 617 g/mol. The molecule has 162 valence electrons. The first-order chi connectivity index (χ1) is 14.8. The summed E-state index contributed by atoms with van der Waals surface area (Å²) < 4.78 is 18.0. The Balaban J connectivity index is 1.86. The fourth-order valence-electron chi connectivity index (χ4n) is 2.75. The van der Waals surface area contributed by atoms with Crippen molar-refractivity contribution < 1.29 is 23.8 Å². The third-order valence-electron chi connectivity index (χ3n) is 4.05. The fourth-order valence-corrected chi connectivity index (χ4v) is 5.22. The smallest absolute Gasteiger partial charge is 0.344 e. The second-order valence-corrected chi connectivity index (χ2v) is 9.88. The van der Waals surface area contributed by atoms with E-state index in [1.165, 1.54) is 23.8 Å². The molecule has 1 amide bonds. The zero-order valence-electron chi connectivity index (χ0n) is 16.5. The number of thioether (sulfide) groups is 1. The van der Waals surface area contributed by atoms with Gasteiger partial charge in [0.25, 0.3) is 5.91 Å². The van der Waals surface area contributed by atoms with E-state index >= 15 is 0 Å². The molecule has 0 saturated carbocycles. The van der Waals surface area contributed by atoms with Gasteiger partial charge in [0.1, 0.15) is 0 Å². The maximum absolute atomic E-state index is 13.0. The Morgan fingerprint density at radius 1 is 1.32 bits per heavy atom. The number of anilines is 1. The molecule has 0 bridgehead atoms. The number of carbonyl (C=O) groups excluding carboxylic acids is 2. The first-order valence-corrected chi connectivity index (χ1v) is 12.1. The first-order valence-electron chi connectivity index (χ1n) is 9.03. The highest BCUT2D eigenvalue weighted by Gasteiger charge is 2.33. The van der Waals surface area contributed by atoms with Gasteiger partial charge in [-0.25, -0.2) is 4.79 Å². The number of amides is 1. The molecule has 10 heteroatoms. The van der Waals surface area contributed by atoms with Gasteiger partial charge in [0.2, 0.25) is 0 Å². The van der Waals surface area contributed by atoms with Crippen LogP contribution in [0.15, 0.2) is 45.8 Å². The van der Waals surface area contributed by atoms with E-state index in [0.29, 0.717) is 26.4 Å². The summed E-state index contributed by atoms with van der Waals surface area (Å²) in [5, 5.41) is 0. The molecule has 0 radical (unpaired) electrons. The topological polar surface area (TPSA) is 65.1 Å². The molecule has 2 aromatic rings. The number of methoxy groups -OCH3 is 1. The predicted octanol–water partition coefficient (Wildman–Crippen LogP) is 5.41. The normalized spacial score (nSPS) is 14.8. The van der Waals surface area contributed by atoms with Crippen LogP contribution in [0.5, 0.6) is 11.5 Å². The molecule has 1 fully saturated rings. The van der Waals surface area contributed by atoms with Crippen LogP contribution < -0.4 is 14.4 Å². The summed E-state index contributed by atoms with van der Waals surface area (Å²) in [4.78, 5) is 26.6. The Labute approximate surface area is 211 Å². The van der Waals surface area contributed by atoms with Crippen LogP contribution in [0, 0.1) is 3.57 Å². The van der Waals surface area contributed by atoms with E-state index in [1.54, 1.807) is 19.1 Å². The minimum atomic E-state index is -0.458. The molecule has 0 aromatic heterocycles. The SMILES string of the molecule is CCOC(=O)COc1c(I)cc(/C=C2/SC(=S)N(c3cccc(Br)c3)C2=O)cc1OC. The highest BCUT2D eigenvalue weighted by Crippen LogP contribution is 2.39. The number of rotatable bonds is 7. The molecule has 0 aliphatic carbocycles. The van der Waals surface area contributed by atoms with Crippen LogP contribution in [0.4, 0.5) is 5.69 Å². The summed E-state index contributed by atoms with van der Waals surface area (Å²) >= 11 is 12.2. The van der Waals surface area contributed by atoms with Crippen molar-refractivity contribution in [2.75, 3.05) is 25.2 Å². The number of benzene rings is 2. The lowest BCUT2D eigenvalue weighted by Crippen LogP contribution is -2.27. The van der Waals surface area contributed by atoms with Crippen molar-refractivity contribution in [1.29, 1.82) is 0 Å². The first kappa shape index (κ1) is 24.0. The number of hydrogen-bond donors (Lipinski definition) is 0. The second-order valence-electron chi connectivity index (χ2n) is 6.12. The highest BCUT2D eigenvalue weighted by molar-refractivity contribution is 14.1. The molecule has 3 rings (SSSR count). The van der Waals surface area contributed by atoms with Crippen molar-refractivity contribution in [1.82, 2.24) is 0 Å². The number of nitrogens with zero attached hydrogens (tertiary/aromatic N) is 1. The zero-order chi connectivity index (χ0) is 22.5. The molecule has 31 heavy (non-hydrogen) atoms. The molecule has 1 saturated heterocycles. The predicted molar refractivity (Wildman–Crippen MR) is 138 cm³/mol. The van der Waals surface area contributed by atoms with E-state index in [1.807, 2.05) is 30.3 Å². The van der Waals surface area contributed by atoms with E-state index in [9.17, 15) is 9.59 Å². The van der Waals surface area contributed by atoms with Gasteiger partial charge in [0, 0.05) is 4.47 Å².